The van der Waals surface area contributed by atoms with Gasteiger partial charge < -0.3 is 15.3 Å². The van der Waals surface area contributed by atoms with Crippen molar-refractivity contribution in [1.82, 2.24) is 14.8 Å². The first-order valence-electron chi connectivity index (χ1n) is 8.57. The second kappa shape index (κ2) is 8.88. The molecule has 0 atom stereocenters. The Hall–Kier alpha value is -2.29. The van der Waals surface area contributed by atoms with E-state index < -0.39 is 0 Å². The first kappa shape index (κ1) is 18.5. The summed E-state index contributed by atoms with van der Waals surface area (Å²) in [7, 11) is 0. The summed E-state index contributed by atoms with van der Waals surface area (Å²) >= 11 is 1.26. The smallest absolute Gasteiger partial charge is 0.273 e. The number of nitrogens with one attached hydrogen (secondary N) is 1. The number of hydrogen-bond donors (Lipinski definition) is 2. The molecule has 0 aliphatic carbocycles. The fraction of sp³-hybridized carbons (Fsp3) is 0.389. The second-order valence-electron chi connectivity index (χ2n) is 6.11. The van der Waals surface area contributed by atoms with Crippen molar-refractivity contribution in [2.45, 2.75) is 6.42 Å². The van der Waals surface area contributed by atoms with Gasteiger partial charge in [0.25, 0.3) is 5.91 Å². The minimum Gasteiger partial charge on any atom is -0.395 e. The Morgan fingerprint density at radius 2 is 1.88 bits per heavy atom. The van der Waals surface area contributed by atoms with Crippen molar-refractivity contribution in [1.29, 1.82) is 0 Å². The largest absolute Gasteiger partial charge is 0.395 e. The lowest BCUT2D eigenvalue weighted by Crippen LogP contribution is -2.49. The predicted molar refractivity (Wildman–Crippen MR) is 100 cm³/mol. The van der Waals surface area contributed by atoms with Crippen LogP contribution in [0.4, 0.5) is 5.13 Å². The van der Waals surface area contributed by atoms with Crippen molar-refractivity contribution in [2.24, 2.45) is 0 Å². The fourth-order valence-corrected chi connectivity index (χ4v) is 3.55. The third kappa shape index (κ3) is 4.87. The minimum atomic E-state index is -0.151. The van der Waals surface area contributed by atoms with E-state index >= 15 is 0 Å². The molecule has 8 heteroatoms. The molecule has 2 heterocycles. The molecule has 0 spiro atoms. The van der Waals surface area contributed by atoms with Gasteiger partial charge in [0.15, 0.2) is 5.13 Å². The highest BCUT2D eigenvalue weighted by Gasteiger charge is 2.23. The predicted octanol–water partition coefficient (Wildman–Crippen LogP) is 1.07. The highest BCUT2D eigenvalue weighted by atomic mass is 32.1. The van der Waals surface area contributed by atoms with Crippen molar-refractivity contribution in [3.63, 3.8) is 0 Å². The number of piperazine rings is 1. The van der Waals surface area contributed by atoms with E-state index in [-0.39, 0.29) is 24.8 Å². The van der Waals surface area contributed by atoms with Crippen LogP contribution < -0.4 is 5.32 Å². The molecule has 1 fully saturated rings. The summed E-state index contributed by atoms with van der Waals surface area (Å²) in [5, 5.41) is 13.8. The molecule has 2 N–H and O–H groups in total. The first-order chi connectivity index (χ1) is 12.7. The summed E-state index contributed by atoms with van der Waals surface area (Å²) in [5.74, 6) is -0.268. The lowest BCUT2D eigenvalue weighted by molar-refractivity contribution is -0.115. The number of thiazole rings is 1. The molecule has 0 saturated carbocycles. The molecule has 0 radical (unpaired) electrons. The van der Waals surface area contributed by atoms with Gasteiger partial charge in [0.1, 0.15) is 5.69 Å². The van der Waals surface area contributed by atoms with E-state index in [0.29, 0.717) is 30.5 Å². The number of rotatable bonds is 6. The Morgan fingerprint density at radius 3 is 2.58 bits per heavy atom. The van der Waals surface area contributed by atoms with Crippen LogP contribution in [0.1, 0.15) is 16.1 Å². The second-order valence-corrected chi connectivity index (χ2v) is 6.96. The maximum absolute atomic E-state index is 12.5. The molecule has 3 rings (SSSR count). The number of amides is 2. The summed E-state index contributed by atoms with van der Waals surface area (Å²) in [4.78, 5) is 32.8. The Bertz CT molecular complexity index is 742. The van der Waals surface area contributed by atoms with Gasteiger partial charge in [0.05, 0.1) is 13.0 Å². The minimum absolute atomic E-state index is 0.117. The molecule has 0 unspecified atom stereocenters. The Balaban J connectivity index is 1.52. The van der Waals surface area contributed by atoms with E-state index in [4.69, 9.17) is 5.11 Å². The van der Waals surface area contributed by atoms with Gasteiger partial charge in [-0.15, -0.1) is 11.3 Å². The number of carbonyl (C=O) groups is 2. The third-order valence-electron chi connectivity index (χ3n) is 4.25. The molecule has 1 aliphatic rings. The molecule has 1 saturated heterocycles. The van der Waals surface area contributed by atoms with Gasteiger partial charge in [0.2, 0.25) is 5.91 Å². The molecule has 2 aromatic rings. The number of hydrogen-bond acceptors (Lipinski definition) is 6. The van der Waals surface area contributed by atoms with Crippen LogP contribution in [0, 0.1) is 0 Å². The number of carbonyl (C=O) groups excluding carboxylic acids is 2. The molecule has 138 valence electrons. The van der Waals surface area contributed by atoms with Crippen molar-refractivity contribution < 1.29 is 14.7 Å². The zero-order chi connectivity index (χ0) is 18.4. The molecule has 1 aromatic carbocycles. The Kier molecular flexibility index (Phi) is 6.32. The van der Waals surface area contributed by atoms with E-state index in [1.807, 2.05) is 30.3 Å². The third-order valence-corrected chi connectivity index (χ3v) is 5.01. The van der Waals surface area contributed by atoms with Crippen molar-refractivity contribution in [2.75, 3.05) is 44.6 Å². The average Bonchev–Trinajstić information content (AvgIpc) is 3.11. The van der Waals surface area contributed by atoms with Crippen molar-refractivity contribution >= 4 is 28.3 Å². The number of anilines is 1. The number of benzene rings is 1. The maximum Gasteiger partial charge on any atom is 0.273 e. The van der Waals surface area contributed by atoms with Crippen LogP contribution in [-0.4, -0.2) is 71.0 Å². The van der Waals surface area contributed by atoms with Gasteiger partial charge in [-0.25, -0.2) is 4.98 Å². The molecule has 1 aliphatic heterocycles. The van der Waals surface area contributed by atoms with Gasteiger partial charge in [-0.2, -0.15) is 0 Å². The van der Waals surface area contributed by atoms with E-state index in [1.165, 1.54) is 11.3 Å². The van der Waals surface area contributed by atoms with E-state index in [0.717, 1.165) is 18.7 Å². The summed E-state index contributed by atoms with van der Waals surface area (Å²) in [5.41, 5.74) is 1.29. The van der Waals surface area contributed by atoms with Gasteiger partial charge in [-0.1, -0.05) is 30.3 Å². The SMILES string of the molecule is O=C(Cc1ccccc1)Nc1nc(C(=O)N2CCN(CCO)CC2)cs1. The molecular weight excluding hydrogens is 352 g/mol. The zero-order valence-electron chi connectivity index (χ0n) is 14.4. The summed E-state index contributed by atoms with van der Waals surface area (Å²) in [6.07, 6.45) is 0.274. The Labute approximate surface area is 156 Å². The summed E-state index contributed by atoms with van der Waals surface area (Å²) in [6, 6.07) is 9.48. The summed E-state index contributed by atoms with van der Waals surface area (Å²) < 4.78 is 0. The van der Waals surface area contributed by atoms with Crippen LogP contribution >= 0.6 is 11.3 Å². The lowest BCUT2D eigenvalue weighted by Gasteiger charge is -2.33. The maximum atomic E-state index is 12.5. The summed E-state index contributed by atoms with van der Waals surface area (Å²) in [6.45, 7) is 3.49. The van der Waals surface area contributed by atoms with Crippen molar-refractivity contribution in [3.05, 3.63) is 47.0 Å². The van der Waals surface area contributed by atoms with Crippen LogP contribution in [0.3, 0.4) is 0 Å². The number of β-amino-alcohol motifs (C(OH)–C–C–N with tert-alkyl or cyclic N) is 1. The van der Waals surface area contributed by atoms with Gasteiger partial charge in [-0.3, -0.25) is 14.5 Å². The number of aliphatic hydroxyl groups excluding tert-OH is 1. The van der Waals surface area contributed by atoms with E-state index in [1.54, 1.807) is 10.3 Å². The van der Waals surface area contributed by atoms with Gasteiger partial charge in [-0.05, 0) is 5.56 Å². The molecule has 1 aromatic heterocycles. The monoisotopic (exact) mass is 374 g/mol. The van der Waals surface area contributed by atoms with Crippen LogP contribution in [0.25, 0.3) is 0 Å². The zero-order valence-corrected chi connectivity index (χ0v) is 15.2. The molecular formula is C18H22N4O3S. The van der Waals surface area contributed by atoms with Gasteiger partial charge >= 0.3 is 0 Å². The molecule has 7 nitrogen and oxygen atoms in total. The quantitative estimate of drug-likeness (QED) is 0.790. The standard InChI is InChI=1S/C18H22N4O3S/c23-11-10-21-6-8-22(9-7-21)17(25)15-13-26-18(19-15)20-16(24)12-14-4-2-1-3-5-14/h1-5,13,23H,6-12H2,(H,19,20,24). The van der Waals surface area contributed by atoms with Crippen molar-refractivity contribution in [3.8, 4) is 0 Å². The Morgan fingerprint density at radius 1 is 1.15 bits per heavy atom. The van der Waals surface area contributed by atoms with Gasteiger partial charge in [0, 0.05) is 38.1 Å². The average molecular weight is 374 g/mol. The number of aromatic nitrogens is 1. The van der Waals surface area contributed by atoms with Crippen LogP contribution in [0.15, 0.2) is 35.7 Å². The topological polar surface area (TPSA) is 85.8 Å². The molecule has 0 bridgehead atoms. The van der Waals surface area contributed by atoms with Crippen LogP contribution in [0.5, 0.6) is 0 Å². The van der Waals surface area contributed by atoms with E-state index in [9.17, 15) is 9.59 Å². The number of nitrogens with zero attached hydrogens (tertiary/aromatic N) is 3. The normalized spacial score (nSPS) is 15.0. The lowest BCUT2D eigenvalue weighted by atomic mass is 10.1. The number of aliphatic hydroxyl groups is 1. The highest BCUT2D eigenvalue weighted by molar-refractivity contribution is 7.14. The van der Waals surface area contributed by atoms with E-state index in [2.05, 4.69) is 15.2 Å². The van der Waals surface area contributed by atoms with Crippen LogP contribution in [0.2, 0.25) is 0 Å². The highest BCUT2D eigenvalue weighted by Crippen LogP contribution is 2.18. The van der Waals surface area contributed by atoms with Crippen LogP contribution in [-0.2, 0) is 11.2 Å². The first-order valence-corrected chi connectivity index (χ1v) is 9.45. The molecule has 2 amide bonds. The molecule has 26 heavy (non-hydrogen) atoms. The fourth-order valence-electron chi connectivity index (χ4n) is 2.85.